The normalized spacial score (nSPS) is 10.4. The molecule has 6 heteroatoms. The van der Waals surface area contributed by atoms with Crippen LogP contribution in [0.1, 0.15) is 29.5 Å². The van der Waals surface area contributed by atoms with Gasteiger partial charge >= 0.3 is 5.97 Å². The maximum Gasteiger partial charge on any atom is 0.360 e. The van der Waals surface area contributed by atoms with E-state index in [2.05, 4.69) is 15.0 Å². The molecule has 90 valence electrons. The molecular formula is C10H17N3O3. The first-order chi connectivity index (χ1) is 7.74. The van der Waals surface area contributed by atoms with E-state index in [0.29, 0.717) is 25.3 Å². The van der Waals surface area contributed by atoms with Crippen LogP contribution < -0.4 is 0 Å². The number of carbonyl (C=O) groups excluding carboxylic acids is 1. The summed E-state index contributed by atoms with van der Waals surface area (Å²) in [6.07, 6.45) is 1.54. The summed E-state index contributed by atoms with van der Waals surface area (Å²) < 4.78 is 11.3. The van der Waals surface area contributed by atoms with Crippen LogP contribution in [0.4, 0.5) is 0 Å². The van der Waals surface area contributed by atoms with Gasteiger partial charge in [-0.25, -0.2) is 9.48 Å². The SMILES string of the molecule is CCc1c(C(=O)OC)nnn1CCCOC. The number of hydrogen-bond acceptors (Lipinski definition) is 5. The van der Waals surface area contributed by atoms with Gasteiger partial charge in [-0.05, 0) is 12.8 Å². The first-order valence-electron chi connectivity index (χ1n) is 5.24. The first-order valence-corrected chi connectivity index (χ1v) is 5.24. The Bertz CT molecular complexity index is 349. The maximum atomic E-state index is 11.4. The summed E-state index contributed by atoms with van der Waals surface area (Å²) in [5.74, 6) is -0.435. The Hall–Kier alpha value is -1.43. The highest BCUT2D eigenvalue weighted by Gasteiger charge is 2.18. The Morgan fingerprint density at radius 1 is 1.44 bits per heavy atom. The molecule has 0 amide bonds. The Kier molecular flexibility index (Phi) is 4.91. The highest BCUT2D eigenvalue weighted by Crippen LogP contribution is 2.08. The van der Waals surface area contributed by atoms with Crippen LogP contribution in [0.15, 0.2) is 0 Å². The van der Waals surface area contributed by atoms with Crippen molar-refractivity contribution in [3.63, 3.8) is 0 Å². The largest absolute Gasteiger partial charge is 0.464 e. The molecular weight excluding hydrogens is 210 g/mol. The van der Waals surface area contributed by atoms with Gasteiger partial charge in [-0.3, -0.25) is 0 Å². The van der Waals surface area contributed by atoms with E-state index in [9.17, 15) is 4.79 Å². The van der Waals surface area contributed by atoms with Crippen molar-refractivity contribution < 1.29 is 14.3 Å². The molecule has 0 aliphatic rings. The average Bonchev–Trinajstić information content (AvgIpc) is 2.71. The maximum absolute atomic E-state index is 11.4. The molecule has 0 fully saturated rings. The Balaban J connectivity index is 2.78. The van der Waals surface area contributed by atoms with Crippen LogP contribution in [-0.4, -0.2) is 41.8 Å². The standard InChI is InChI=1S/C10H17N3O3/c1-4-8-9(10(14)16-3)11-12-13(8)6-5-7-15-2/h4-7H2,1-3H3. The van der Waals surface area contributed by atoms with Gasteiger partial charge in [-0.15, -0.1) is 5.10 Å². The van der Waals surface area contributed by atoms with Crippen molar-refractivity contribution in [2.45, 2.75) is 26.3 Å². The molecule has 1 rings (SSSR count). The number of aromatic nitrogens is 3. The van der Waals surface area contributed by atoms with Crippen LogP contribution in [-0.2, 0) is 22.4 Å². The number of rotatable bonds is 6. The zero-order valence-electron chi connectivity index (χ0n) is 9.89. The molecule has 16 heavy (non-hydrogen) atoms. The third-order valence-electron chi connectivity index (χ3n) is 2.27. The molecule has 0 aliphatic heterocycles. The van der Waals surface area contributed by atoms with Crippen molar-refractivity contribution in [3.05, 3.63) is 11.4 Å². The van der Waals surface area contributed by atoms with E-state index >= 15 is 0 Å². The van der Waals surface area contributed by atoms with E-state index in [1.54, 1.807) is 11.8 Å². The lowest BCUT2D eigenvalue weighted by atomic mass is 10.2. The summed E-state index contributed by atoms with van der Waals surface area (Å²) >= 11 is 0. The van der Waals surface area contributed by atoms with Crippen LogP contribution >= 0.6 is 0 Å². The third kappa shape index (κ3) is 2.79. The van der Waals surface area contributed by atoms with E-state index in [1.165, 1.54) is 7.11 Å². The number of esters is 1. The second-order valence-corrected chi connectivity index (χ2v) is 3.30. The molecule has 0 saturated heterocycles. The molecule has 0 aromatic carbocycles. The Morgan fingerprint density at radius 2 is 2.19 bits per heavy atom. The molecule has 0 spiro atoms. The van der Waals surface area contributed by atoms with Gasteiger partial charge in [0.1, 0.15) is 0 Å². The summed E-state index contributed by atoms with van der Waals surface area (Å²) in [7, 11) is 2.99. The zero-order valence-corrected chi connectivity index (χ0v) is 9.89. The predicted molar refractivity (Wildman–Crippen MR) is 57.2 cm³/mol. The van der Waals surface area contributed by atoms with Crippen molar-refractivity contribution >= 4 is 5.97 Å². The lowest BCUT2D eigenvalue weighted by Crippen LogP contribution is -2.10. The molecule has 0 unspecified atom stereocenters. The van der Waals surface area contributed by atoms with Crippen molar-refractivity contribution in [1.29, 1.82) is 0 Å². The molecule has 1 aromatic heterocycles. The topological polar surface area (TPSA) is 66.2 Å². The van der Waals surface area contributed by atoms with Crippen LogP contribution in [0.3, 0.4) is 0 Å². The van der Waals surface area contributed by atoms with Crippen molar-refractivity contribution in [1.82, 2.24) is 15.0 Å². The fraction of sp³-hybridized carbons (Fsp3) is 0.700. The molecule has 0 bridgehead atoms. The summed E-state index contributed by atoms with van der Waals surface area (Å²) in [5.41, 5.74) is 1.12. The molecule has 6 nitrogen and oxygen atoms in total. The lowest BCUT2D eigenvalue weighted by Gasteiger charge is -2.04. The fourth-order valence-corrected chi connectivity index (χ4v) is 1.48. The smallest absolute Gasteiger partial charge is 0.360 e. The molecule has 1 aromatic rings. The minimum atomic E-state index is -0.435. The number of methoxy groups -OCH3 is 2. The zero-order chi connectivity index (χ0) is 12.0. The number of ether oxygens (including phenoxy) is 2. The van der Waals surface area contributed by atoms with E-state index in [0.717, 1.165) is 12.1 Å². The summed E-state index contributed by atoms with van der Waals surface area (Å²) in [6, 6.07) is 0. The van der Waals surface area contributed by atoms with Gasteiger partial charge in [0.25, 0.3) is 0 Å². The van der Waals surface area contributed by atoms with E-state index in [-0.39, 0.29) is 0 Å². The monoisotopic (exact) mass is 227 g/mol. The van der Waals surface area contributed by atoms with E-state index in [1.807, 2.05) is 6.92 Å². The van der Waals surface area contributed by atoms with Crippen molar-refractivity contribution in [2.75, 3.05) is 20.8 Å². The highest BCUT2D eigenvalue weighted by atomic mass is 16.5. The van der Waals surface area contributed by atoms with Crippen LogP contribution in [0.25, 0.3) is 0 Å². The summed E-state index contributed by atoms with van der Waals surface area (Å²) in [4.78, 5) is 11.4. The Morgan fingerprint density at radius 3 is 2.75 bits per heavy atom. The molecule has 0 aliphatic carbocycles. The van der Waals surface area contributed by atoms with Gasteiger partial charge in [0.05, 0.1) is 12.8 Å². The molecule has 0 saturated carbocycles. The quantitative estimate of drug-likeness (QED) is 0.527. The predicted octanol–water partition coefficient (Wildman–Crippen LogP) is 0.664. The van der Waals surface area contributed by atoms with Crippen LogP contribution in [0.2, 0.25) is 0 Å². The van der Waals surface area contributed by atoms with Crippen molar-refractivity contribution in [2.24, 2.45) is 0 Å². The third-order valence-corrected chi connectivity index (χ3v) is 2.27. The number of nitrogens with zero attached hydrogens (tertiary/aromatic N) is 3. The van der Waals surface area contributed by atoms with Crippen LogP contribution in [0.5, 0.6) is 0 Å². The second kappa shape index (κ2) is 6.22. The molecule has 0 N–H and O–H groups in total. The lowest BCUT2D eigenvalue weighted by molar-refractivity contribution is 0.0592. The van der Waals surface area contributed by atoms with E-state index in [4.69, 9.17) is 4.74 Å². The molecule has 1 heterocycles. The fourth-order valence-electron chi connectivity index (χ4n) is 1.48. The van der Waals surface area contributed by atoms with Crippen LogP contribution in [0, 0.1) is 0 Å². The summed E-state index contributed by atoms with van der Waals surface area (Å²) in [6.45, 7) is 3.32. The van der Waals surface area contributed by atoms with Gasteiger partial charge in [0.2, 0.25) is 0 Å². The van der Waals surface area contributed by atoms with Gasteiger partial charge in [-0.2, -0.15) is 0 Å². The van der Waals surface area contributed by atoms with Gasteiger partial charge in [0, 0.05) is 20.3 Å². The average molecular weight is 227 g/mol. The Labute approximate surface area is 94.5 Å². The highest BCUT2D eigenvalue weighted by molar-refractivity contribution is 5.88. The van der Waals surface area contributed by atoms with Gasteiger partial charge < -0.3 is 9.47 Å². The first kappa shape index (κ1) is 12.6. The summed E-state index contributed by atoms with van der Waals surface area (Å²) in [5, 5.41) is 7.77. The van der Waals surface area contributed by atoms with E-state index < -0.39 is 5.97 Å². The van der Waals surface area contributed by atoms with Gasteiger partial charge in [0.15, 0.2) is 5.69 Å². The second-order valence-electron chi connectivity index (χ2n) is 3.30. The minimum Gasteiger partial charge on any atom is -0.464 e. The molecule has 0 radical (unpaired) electrons. The molecule has 0 atom stereocenters. The number of hydrogen-bond donors (Lipinski definition) is 0. The number of carbonyl (C=O) groups is 1. The van der Waals surface area contributed by atoms with Crippen molar-refractivity contribution in [3.8, 4) is 0 Å². The minimum absolute atomic E-state index is 0.308. The number of aryl methyl sites for hydroxylation is 1. The van der Waals surface area contributed by atoms with Gasteiger partial charge in [-0.1, -0.05) is 12.1 Å².